The van der Waals surface area contributed by atoms with Gasteiger partial charge in [-0.25, -0.2) is 18.4 Å². The summed E-state index contributed by atoms with van der Waals surface area (Å²) in [4.78, 5) is 10.8. The number of sulfonamides is 1. The summed E-state index contributed by atoms with van der Waals surface area (Å²) in [5, 5.41) is 8.75. The van der Waals surface area contributed by atoms with Gasteiger partial charge in [0, 0.05) is 12.4 Å². The number of hydrogen-bond donors (Lipinski definition) is 1. The van der Waals surface area contributed by atoms with E-state index in [-0.39, 0.29) is 21.7 Å². The van der Waals surface area contributed by atoms with Crippen molar-refractivity contribution >= 4 is 27.4 Å². The maximum absolute atomic E-state index is 12.1. The topological polar surface area (TPSA) is 109 Å². The molecule has 0 aromatic carbocycles. The molecule has 0 saturated heterocycles. The average molecular weight is 296 g/mol. The van der Waals surface area contributed by atoms with Gasteiger partial charge in [-0.3, -0.25) is 4.72 Å². The van der Waals surface area contributed by atoms with Crippen molar-refractivity contribution in [3.8, 4) is 6.07 Å². The molecule has 0 atom stereocenters. The Morgan fingerprint density at radius 2 is 2.05 bits per heavy atom. The summed E-state index contributed by atoms with van der Waals surface area (Å²) in [7, 11) is -3.96. The minimum absolute atomic E-state index is 0.00717. The van der Waals surface area contributed by atoms with Crippen LogP contribution in [-0.4, -0.2) is 23.4 Å². The van der Waals surface area contributed by atoms with Crippen LogP contribution in [-0.2, 0) is 10.0 Å². The molecule has 96 valence electrons. The third-order valence-electron chi connectivity index (χ3n) is 2.03. The average Bonchev–Trinajstić information content (AvgIpc) is 2.38. The Morgan fingerprint density at radius 1 is 1.26 bits per heavy atom. The van der Waals surface area contributed by atoms with E-state index in [2.05, 4.69) is 19.7 Å². The number of rotatable bonds is 3. The first-order valence-electron chi connectivity index (χ1n) is 4.89. The summed E-state index contributed by atoms with van der Waals surface area (Å²) in [6, 6.07) is 5.74. The quantitative estimate of drug-likeness (QED) is 0.852. The zero-order valence-electron chi connectivity index (χ0n) is 9.28. The Morgan fingerprint density at radius 3 is 2.74 bits per heavy atom. The first-order valence-corrected chi connectivity index (χ1v) is 6.75. The van der Waals surface area contributed by atoms with Crippen molar-refractivity contribution < 1.29 is 8.42 Å². The SMILES string of the molecule is N#Cc1ncccc1S(=O)(=O)Nc1ccnc(Cl)n1. The number of aromatic nitrogens is 3. The van der Waals surface area contributed by atoms with Crippen molar-refractivity contribution in [1.82, 2.24) is 15.0 Å². The van der Waals surface area contributed by atoms with Crippen LogP contribution in [0.25, 0.3) is 0 Å². The molecule has 0 fully saturated rings. The lowest BCUT2D eigenvalue weighted by molar-refractivity contribution is 0.600. The minimum atomic E-state index is -3.96. The molecule has 0 saturated carbocycles. The Balaban J connectivity index is 2.41. The first-order chi connectivity index (χ1) is 9.03. The van der Waals surface area contributed by atoms with Gasteiger partial charge in [0.25, 0.3) is 10.0 Å². The zero-order valence-corrected chi connectivity index (χ0v) is 10.9. The number of pyridine rings is 1. The van der Waals surface area contributed by atoms with E-state index in [0.717, 1.165) is 0 Å². The fraction of sp³-hybridized carbons (Fsp3) is 0. The molecule has 1 N–H and O–H groups in total. The van der Waals surface area contributed by atoms with Crippen LogP contribution >= 0.6 is 11.6 Å². The first kappa shape index (κ1) is 13.2. The molecule has 2 aromatic heterocycles. The molecule has 0 aliphatic heterocycles. The highest BCUT2D eigenvalue weighted by Gasteiger charge is 2.19. The fourth-order valence-electron chi connectivity index (χ4n) is 1.28. The van der Waals surface area contributed by atoms with Crippen molar-refractivity contribution in [2.45, 2.75) is 4.90 Å². The predicted octanol–water partition coefficient (Wildman–Crippen LogP) is 1.20. The predicted molar refractivity (Wildman–Crippen MR) is 66.8 cm³/mol. The highest BCUT2D eigenvalue weighted by atomic mass is 35.5. The standard InChI is InChI=1S/C10H6ClN5O2S/c11-10-14-5-3-9(15-10)16-19(17,18)8-2-1-4-13-7(8)6-12/h1-5H,(H,14,15,16). The summed E-state index contributed by atoms with van der Waals surface area (Å²) in [5.74, 6) is 0.00717. The number of hydrogen-bond acceptors (Lipinski definition) is 6. The monoisotopic (exact) mass is 295 g/mol. The van der Waals surface area contributed by atoms with Gasteiger partial charge in [0.2, 0.25) is 5.28 Å². The number of halogens is 1. The van der Waals surface area contributed by atoms with Crippen LogP contribution in [0.3, 0.4) is 0 Å². The van der Waals surface area contributed by atoms with Crippen molar-refractivity contribution in [2.75, 3.05) is 4.72 Å². The number of nitriles is 1. The van der Waals surface area contributed by atoms with Crippen molar-refractivity contribution in [2.24, 2.45) is 0 Å². The maximum Gasteiger partial charge on any atom is 0.265 e. The number of anilines is 1. The van der Waals surface area contributed by atoms with Gasteiger partial charge in [-0.2, -0.15) is 10.2 Å². The lowest BCUT2D eigenvalue weighted by Crippen LogP contribution is -2.16. The molecule has 0 bridgehead atoms. The van der Waals surface area contributed by atoms with Gasteiger partial charge in [0.05, 0.1) is 0 Å². The van der Waals surface area contributed by atoms with E-state index in [9.17, 15) is 8.42 Å². The Bertz CT molecular complexity index is 757. The molecular weight excluding hydrogens is 290 g/mol. The van der Waals surface area contributed by atoms with E-state index in [4.69, 9.17) is 16.9 Å². The van der Waals surface area contributed by atoms with E-state index >= 15 is 0 Å². The van der Waals surface area contributed by atoms with E-state index in [1.165, 1.54) is 30.6 Å². The Labute approximate surface area is 114 Å². The molecule has 0 aliphatic rings. The largest absolute Gasteiger partial charge is 0.265 e. The summed E-state index contributed by atoms with van der Waals surface area (Å²) < 4.78 is 26.4. The number of nitrogens with zero attached hydrogens (tertiary/aromatic N) is 4. The summed E-state index contributed by atoms with van der Waals surface area (Å²) in [6.45, 7) is 0. The van der Waals surface area contributed by atoms with Gasteiger partial charge in [-0.1, -0.05) is 0 Å². The Kier molecular flexibility index (Phi) is 3.59. The van der Waals surface area contributed by atoms with Crippen LogP contribution in [0.4, 0.5) is 5.82 Å². The minimum Gasteiger partial charge on any atom is -0.263 e. The molecule has 9 heteroatoms. The van der Waals surface area contributed by atoms with Crippen molar-refractivity contribution in [3.05, 3.63) is 41.6 Å². The Hall–Kier alpha value is -2.24. The van der Waals surface area contributed by atoms with Gasteiger partial charge in [0.15, 0.2) is 5.69 Å². The second-order valence-electron chi connectivity index (χ2n) is 3.28. The lowest BCUT2D eigenvalue weighted by Gasteiger charge is -2.07. The van der Waals surface area contributed by atoms with Crippen LogP contribution in [0.2, 0.25) is 5.28 Å². The van der Waals surface area contributed by atoms with E-state index in [0.29, 0.717) is 0 Å². The van der Waals surface area contributed by atoms with Gasteiger partial charge in [-0.15, -0.1) is 0 Å². The van der Waals surface area contributed by atoms with Crippen LogP contribution in [0, 0.1) is 11.3 Å². The van der Waals surface area contributed by atoms with Crippen LogP contribution in [0.5, 0.6) is 0 Å². The van der Waals surface area contributed by atoms with E-state index in [1.54, 1.807) is 6.07 Å². The van der Waals surface area contributed by atoms with Gasteiger partial charge in [0.1, 0.15) is 16.8 Å². The smallest absolute Gasteiger partial charge is 0.263 e. The van der Waals surface area contributed by atoms with Gasteiger partial charge < -0.3 is 0 Å². The molecule has 2 aromatic rings. The van der Waals surface area contributed by atoms with Crippen molar-refractivity contribution in [3.63, 3.8) is 0 Å². The molecule has 0 radical (unpaired) electrons. The third-order valence-corrected chi connectivity index (χ3v) is 3.60. The third kappa shape index (κ3) is 2.96. The van der Waals surface area contributed by atoms with E-state index in [1.807, 2.05) is 0 Å². The van der Waals surface area contributed by atoms with E-state index < -0.39 is 10.0 Å². The second kappa shape index (κ2) is 5.17. The molecule has 19 heavy (non-hydrogen) atoms. The second-order valence-corrected chi connectivity index (χ2v) is 5.27. The maximum atomic E-state index is 12.1. The normalized spacial score (nSPS) is 10.7. The van der Waals surface area contributed by atoms with Gasteiger partial charge in [-0.05, 0) is 29.8 Å². The number of nitrogens with one attached hydrogen (secondary N) is 1. The summed E-state index contributed by atoms with van der Waals surface area (Å²) >= 11 is 5.56. The van der Waals surface area contributed by atoms with Crippen LogP contribution < -0.4 is 4.72 Å². The molecule has 2 rings (SSSR count). The summed E-state index contributed by atoms with van der Waals surface area (Å²) in [6.07, 6.45) is 2.64. The molecule has 0 unspecified atom stereocenters. The van der Waals surface area contributed by atoms with Crippen LogP contribution in [0.1, 0.15) is 5.69 Å². The molecule has 0 amide bonds. The molecule has 0 aliphatic carbocycles. The zero-order chi connectivity index (χ0) is 13.9. The molecule has 7 nitrogen and oxygen atoms in total. The lowest BCUT2D eigenvalue weighted by atomic mass is 10.4. The highest BCUT2D eigenvalue weighted by molar-refractivity contribution is 7.92. The van der Waals surface area contributed by atoms with Crippen LogP contribution in [0.15, 0.2) is 35.5 Å². The van der Waals surface area contributed by atoms with Gasteiger partial charge >= 0.3 is 0 Å². The highest BCUT2D eigenvalue weighted by Crippen LogP contribution is 2.16. The molecule has 2 heterocycles. The van der Waals surface area contributed by atoms with Crippen molar-refractivity contribution in [1.29, 1.82) is 5.26 Å². The summed E-state index contributed by atoms with van der Waals surface area (Å²) in [5.41, 5.74) is -0.199. The molecular formula is C10H6ClN5O2S. The fourth-order valence-corrected chi connectivity index (χ4v) is 2.53. The molecule has 0 spiro atoms.